The third kappa shape index (κ3) is 4.19. The maximum absolute atomic E-state index is 11.9. The van der Waals surface area contributed by atoms with E-state index in [1.807, 2.05) is 18.2 Å². The van der Waals surface area contributed by atoms with Crippen molar-refractivity contribution in [3.63, 3.8) is 0 Å². The highest BCUT2D eigenvalue weighted by atomic mass is 16.5. The van der Waals surface area contributed by atoms with Gasteiger partial charge in [-0.05, 0) is 12.0 Å². The van der Waals surface area contributed by atoms with Crippen molar-refractivity contribution in [3.05, 3.63) is 47.0 Å². The van der Waals surface area contributed by atoms with Crippen molar-refractivity contribution < 1.29 is 14.6 Å². The average molecular weight is 285 g/mol. The molecule has 0 amide bonds. The smallest absolute Gasteiger partial charge is 0.335 e. The molecule has 0 atom stereocenters. The molecule has 0 radical (unpaired) electrons. The maximum Gasteiger partial charge on any atom is 0.335 e. The van der Waals surface area contributed by atoms with Crippen molar-refractivity contribution in [1.29, 1.82) is 0 Å². The molecule has 0 saturated heterocycles. The van der Waals surface area contributed by atoms with Gasteiger partial charge in [0.15, 0.2) is 0 Å². The minimum atomic E-state index is -0.338. The molecule has 110 valence electrons. The molecule has 1 heterocycles. The molecule has 1 aromatic rings. The van der Waals surface area contributed by atoms with Gasteiger partial charge < -0.3 is 9.84 Å². The number of benzene rings is 1. The van der Waals surface area contributed by atoms with Crippen LogP contribution in [-0.4, -0.2) is 42.8 Å². The van der Waals surface area contributed by atoms with Crippen molar-refractivity contribution >= 4 is 5.97 Å². The molecule has 4 heteroatoms. The summed E-state index contributed by atoms with van der Waals surface area (Å²) in [5.41, 5.74) is 2.59. The Morgan fingerprint density at radius 1 is 1.38 bits per heavy atom. The number of methoxy groups -OCH3 is 1. The summed E-state index contributed by atoms with van der Waals surface area (Å²) in [4.78, 5) is 14.1. The van der Waals surface area contributed by atoms with Crippen LogP contribution in [-0.2, 0) is 16.1 Å². The number of hydrogen-bond acceptors (Lipinski definition) is 4. The van der Waals surface area contributed by atoms with Gasteiger partial charge in [0.05, 0.1) is 12.7 Å². The van der Waals surface area contributed by atoms with Gasteiger partial charge in [-0.15, -0.1) is 0 Å². The number of rotatable bonds is 3. The number of hydrogen-bond donors (Lipinski definition) is 1. The monoisotopic (exact) mass is 285 g/mol. The summed E-state index contributed by atoms with van der Waals surface area (Å²) in [6, 6.07) is 10.1. The van der Waals surface area contributed by atoms with Gasteiger partial charge in [-0.25, -0.2) is 4.79 Å². The molecule has 0 aromatic heterocycles. The molecule has 1 aromatic carbocycles. The van der Waals surface area contributed by atoms with Crippen molar-refractivity contribution in [2.24, 2.45) is 0 Å². The van der Waals surface area contributed by atoms with Crippen molar-refractivity contribution in [2.75, 3.05) is 26.8 Å². The zero-order valence-corrected chi connectivity index (χ0v) is 12.1. The highest BCUT2D eigenvalue weighted by molar-refractivity contribution is 5.91. The van der Waals surface area contributed by atoms with Crippen LogP contribution >= 0.6 is 0 Å². The number of aliphatic hydroxyl groups is 1. The average Bonchev–Trinajstić information content (AvgIpc) is 2.53. The van der Waals surface area contributed by atoms with Crippen LogP contribution in [0.2, 0.25) is 0 Å². The molecular formula is C17H19NO3. The van der Waals surface area contributed by atoms with E-state index < -0.39 is 0 Å². The summed E-state index contributed by atoms with van der Waals surface area (Å²) in [6.45, 7) is 1.95. The lowest BCUT2D eigenvalue weighted by molar-refractivity contribution is -0.136. The van der Waals surface area contributed by atoms with Crippen LogP contribution in [0.5, 0.6) is 0 Å². The number of aliphatic hydroxyl groups excluding tert-OH is 1. The van der Waals surface area contributed by atoms with Gasteiger partial charge >= 0.3 is 5.97 Å². The molecule has 0 bridgehead atoms. The second-order valence-electron chi connectivity index (χ2n) is 4.85. The van der Waals surface area contributed by atoms with E-state index in [0.29, 0.717) is 18.5 Å². The van der Waals surface area contributed by atoms with Crippen LogP contribution < -0.4 is 0 Å². The van der Waals surface area contributed by atoms with Crippen molar-refractivity contribution in [1.82, 2.24) is 4.90 Å². The van der Waals surface area contributed by atoms with E-state index in [9.17, 15) is 4.79 Å². The number of esters is 1. The third-order valence-electron chi connectivity index (χ3n) is 3.42. The molecule has 0 unspecified atom stereocenters. The predicted octanol–water partition coefficient (Wildman–Crippen LogP) is 1.36. The minimum absolute atomic E-state index is 0.203. The van der Waals surface area contributed by atoms with Crippen LogP contribution in [0.3, 0.4) is 0 Å². The van der Waals surface area contributed by atoms with Crippen LogP contribution in [0.1, 0.15) is 12.0 Å². The topological polar surface area (TPSA) is 49.8 Å². The first-order chi connectivity index (χ1) is 10.2. The second-order valence-corrected chi connectivity index (χ2v) is 4.85. The van der Waals surface area contributed by atoms with Gasteiger partial charge in [-0.3, -0.25) is 4.90 Å². The van der Waals surface area contributed by atoms with E-state index in [0.717, 1.165) is 18.7 Å². The molecular weight excluding hydrogens is 266 g/mol. The van der Waals surface area contributed by atoms with Crippen molar-refractivity contribution in [3.8, 4) is 11.8 Å². The standard InChI is InChI=1S/C17H19NO3/c1-21-17(20)16-13-18(10-9-15(16)8-5-11-19)12-14-6-3-2-4-7-14/h2-4,6-7,19H,9-13H2,1H3. The lowest BCUT2D eigenvalue weighted by Gasteiger charge is -2.28. The molecule has 21 heavy (non-hydrogen) atoms. The molecule has 1 aliphatic heterocycles. The van der Waals surface area contributed by atoms with E-state index in [1.54, 1.807) is 0 Å². The fraction of sp³-hybridized carbons (Fsp3) is 0.353. The Morgan fingerprint density at radius 2 is 2.14 bits per heavy atom. The lowest BCUT2D eigenvalue weighted by atomic mass is 9.99. The molecule has 0 aliphatic carbocycles. The fourth-order valence-corrected chi connectivity index (χ4v) is 2.39. The predicted molar refractivity (Wildman–Crippen MR) is 80.2 cm³/mol. The van der Waals surface area contributed by atoms with E-state index >= 15 is 0 Å². The summed E-state index contributed by atoms with van der Waals surface area (Å²) >= 11 is 0. The Morgan fingerprint density at radius 3 is 2.81 bits per heavy atom. The molecule has 4 nitrogen and oxygen atoms in total. The first-order valence-corrected chi connectivity index (χ1v) is 6.91. The number of carbonyl (C=O) groups is 1. The first-order valence-electron chi connectivity index (χ1n) is 6.91. The van der Waals surface area contributed by atoms with E-state index in [4.69, 9.17) is 9.84 Å². The Balaban J connectivity index is 2.14. The summed E-state index contributed by atoms with van der Waals surface area (Å²) in [6.07, 6.45) is 0.699. The fourth-order valence-electron chi connectivity index (χ4n) is 2.39. The first kappa shape index (κ1) is 15.3. The zero-order chi connectivity index (χ0) is 15.1. The Labute approximate surface area is 125 Å². The Kier molecular flexibility index (Phi) is 5.56. The third-order valence-corrected chi connectivity index (χ3v) is 3.42. The van der Waals surface area contributed by atoms with Gasteiger partial charge in [0.25, 0.3) is 0 Å². The molecule has 0 fully saturated rings. The molecule has 1 aliphatic rings. The van der Waals surface area contributed by atoms with Crippen LogP contribution in [0.4, 0.5) is 0 Å². The molecule has 0 spiro atoms. The second kappa shape index (κ2) is 7.63. The van der Waals surface area contributed by atoms with Crippen LogP contribution in [0.25, 0.3) is 0 Å². The maximum atomic E-state index is 11.9. The van der Waals surface area contributed by atoms with E-state index in [1.165, 1.54) is 12.7 Å². The van der Waals surface area contributed by atoms with E-state index in [-0.39, 0.29) is 12.6 Å². The lowest BCUT2D eigenvalue weighted by Crippen LogP contribution is -2.34. The number of carbonyl (C=O) groups excluding carboxylic acids is 1. The summed E-state index contributed by atoms with van der Waals surface area (Å²) in [5.74, 6) is 5.15. The zero-order valence-electron chi connectivity index (χ0n) is 12.1. The van der Waals surface area contributed by atoms with Gasteiger partial charge in [-0.1, -0.05) is 42.2 Å². The summed E-state index contributed by atoms with van der Waals surface area (Å²) < 4.78 is 4.84. The van der Waals surface area contributed by atoms with Crippen molar-refractivity contribution in [2.45, 2.75) is 13.0 Å². The van der Waals surface area contributed by atoms with Gasteiger partial charge in [0.2, 0.25) is 0 Å². The van der Waals surface area contributed by atoms with Gasteiger partial charge in [0, 0.05) is 25.2 Å². The van der Waals surface area contributed by atoms with E-state index in [2.05, 4.69) is 28.9 Å². The largest absolute Gasteiger partial charge is 0.466 e. The number of ether oxygens (including phenoxy) is 1. The molecule has 1 N–H and O–H groups in total. The van der Waals surface area contributed by atoms with Gasteiger partial charge in [-0.2, -0.15) is 0 Å². The van der Waals surface area contributed by atoms with Crippen LogP contribution in [0, 0.1) is 11.8 Å². The summed E-state index contributed by atoms with van der Waals surface area (Å²) in [7, 11) is 1.38. The molecule has 0 saturated carbocycles. The quantitative estimate of drug-likeness (QED) is 0.673. The van der Waals surface area contributed by atoms with Crippen LogP contribution in [0.15, 0.2) is 41.5 Å². The minimum Gasteiger partial charge on any atom is -0.466 e. The highest BCUT2D eigenvalue weighted by Gasteiger charge is 2.23. The SMILES string of the molecule is COC(=O)C1=C(C#CCO)CCN(Cc2ccccc2)C1. The Hall–Kier alpha value is -2.09. The molecule has 2 rings (SSSR count). The highest BCUT2D eigenvalue weighted by Crippen LogP contribution is 2.20. The Bertz CT molecular complexity index is 581. The summed E-state index contributed by atoms with van der Waals surface area (Å²) in [5, 5.41) is 8.80. The number of nitrogens with zero attached hydrogens (tertiary/aromatic N) is 1. The van der Waals surface area contributed by atoms with Gasteiger partial charge in [0.1, 0.15) is 6.61 Å². The normalized spacial score (nSPS) is 15.3.